The molecule has 0 saturated carbocycles. The molecule has 0 atom stereocenters. The first-order valence-corrected chi connectivity index (χ1v) is 8.23. The van der Waals surface area contributed by atoms with Crippen LogP contribution in [0.2, 0.25) is 0 Å². The molecule has 1 fully saturated rings. The van der Waals surface area contributed by atoms with Crippen molar-refractivity contribution in [2.24, 2.45) is 5.41 Å². The molecule has 0 aromatic heterocycles. The molecule has 1 aromatic carbocycles. The Balaban J connectivity index is 1.65. The molecule has 122 valence electrons. The Morgan fingerprint density at radius 3 is 2.32 bits per heavy atom. The summed E-state index contributed by atoms with van der Waals surface area (Å²) >= 11 is 0. The molecule has 1 aromatic rings. The van der Waals surface area contributed by atoms with E-state index in [9.17, 15) is 4.79 Å². The number of amides is 1. The van der Waals surface area contributed by atoms with Crippen LogP contribution in [0.1, 0.15) is 27.2 Å². The van der Waals surface area contributed by atoms with Gasteiger partial charge in [0.05, 0.1) is 0 Å². The first-order valence-electron chi connectivity index (χ1n) is 8.23. The zero-order valence-corrected chi connectivity index (χ0v) is 14.1. The van der Waals surface area contributed by atoms with Crippen molar-refractivity contribution >= 4 is 11.6 Å². The maximum Gasteiger partial charge on any atom is 0.220 e. The number of rotatable bonds is 5. The summed E-state index contributed by atoms with van der Waals surface area (Å²) in [5, 5.41) is 3.04. The molecule has 0 unspecified atom stereocenters. The van der Waals surface area contributed by atoms with E-state index >= 15 is 0 Å². The zero-order valence-electron chi connectivity index (χ0n) is 14.1. The molecule has 1 aliphatic heterocycles. The van der Waals surface area contributed by atoms with Crippen LogP contribution in [-0.4, -0.2) is 50.1 Å². The predicted molar refractivity (Wildman–Crippen MR) is 92.2 cm³/mol. The first kappa shape index (κ1) is 16.8. The maximum absolute atomic E-state index is 11.8. The van der Waals surface area contributed by atoms with E-state index in [-0.39, 0.29) is 11.3 Å². The van der Waals surface area contributed by atoms with Crippen LogP contribution in [0.5, 0.6) is 0 Å². The SMILES string of the molecule is CC(C)(C)CC(=O)NCCN1CCN(c2ccccc2)CC1. The number of nitrogens with zero attached hydrogens (tertiary/aromatic N) is 2. The third kappa shape index (κ3) is 5.68. The molecule has 0 aliphatic carbocycles. The number of anilines is 1. The van der Waals surface area contributed by atoms with Crippen molar-refractivity contribution in [3.05, 3.63) is 30.3 Å². The van der Waals surface area contributed by atoms with Gasteiger partial charge in [0.15, 0.2) is 0 Å². The summed E-state index contributed by atoms with van der Waals surface area (Å²) in [5.74, 6) is 0.162. The standard InChI is InChI=1S/C18H29N3O/c1-18(2,3)15-17(22)19-9-10-20-11-13-21(14-12-20)16-7-5-4-6-8-16/h4-8H,9-15H2,1-3H3,(H,19,22). The third-order valence-corrected chi connectivity index (χ3v) is 3.93. The summed E-state index contributed by atoms with van der Waals surface area (Å²) in [6.07, 6.45) is 0.592. The second kappa shape index (κ2) is 7.63. The second-order valence-electron chi connectivity index (χ2n) is 7.25. The molecule has 0 radical (unpaired) electrons. The number of para-hydroxylation sites is 1. The van der Waals surface area contributed by atoms with Crippen molar-refractivity contribution in [1.82, 2.24) is 10.2 Å². The fourth-order valence-corrected chi connectivity index (χ4v) is 2.77. The number of nitrogens with one attached hydrogen (secondary N) is 1. The highest BCUT2D eigenvalue weighted by Crippen LogP contribution is 2.18. The molecule has 1 amide bonds. The van der Waals surface area contributed by atoms with E-state index in [1.807, 2.05) is 0 Å². The van der Waals surface area contributed by atoms with Gasteiger partial charge in [-0.25, -0.2) is 0 Å². The number of benzene rings is 1. The molecule has 4 nitrogen and oxygen atoms in total. The quantitative estimate of drug-likeness (QED) is 0.907. The van der Waals surface area contributed by atoms with E-state index in [2.05, 4.69) is 66.2 Å². The van der Waals surface area contributed by atoms with Crippen molar-refractivity contribution < 1.29 is 4.79 Å². The molecule has 1 N–H and O–H groups in total. The van der Waals surface area contributed by atoms with E-state index in [0.717, 1.165) is 39.3 Å². The molecule has 1 heterocycles. The molecule has 2 rings (SSSR count). The number of piperazine rings is 1. The third-order valence-electron chi connectivity index (χ3n) is 3.93. The Morgan fingerprint density at radius 2 is 1.73 bits per heavy atom. The highest BCUT2D eigenvalue weighted by atomic mass is 16.1. The van der Waals surface area contributed by atoms with Gasteiger partial charge in [-0.3, -0.25) is 9.69 Å². The lowest BCUT2D eigenvalue weighted by Crippen LogP contribution is -2.48. The molecule has 0 spiro atoms. The van der Waals surface area contributed by atoms with Gasteiger partial charge < -0.3 is 10.2 Å². The van der Waals surface area contributed by atoms with Gasteiger partial charge >= 0.3 is 0 Å². The van der Waals surface area contributed by atoms with E-state index in [1.54, 1.807) is 0 Å². The fraction of sp³-hybridized carbons (Fsp3) is 0.611. The summed E-state index contributed by atoms with van der Waals surface area (Å²) in [6, 6.07) is 10.6. The summed E-state index contributed by atoms with van der Waals surface area (Å²) in [4.78, 5) is 16.7. The van der Waals surface area contributed by atoms with Crippen LogP contribution in [0, 0.1) is 5.41 Å². The molecule has 22 heavy (non-hydrogen) atoms. The molecule has 4 heteroatoms. The van der Waals surface area contributed by atoms with Crippen LogP contribution >= 0.6 is 0 Å². The average Bonchev–Trinajstić information content (AvgIpc) is 2.47. The Hall–Kier alpha value is -1.55. The Kier molecular flexibility index (Phi) is 5.83. The highest BCUT2D eigenvalue weighted by molar-refractivity contribution is 5.76. The molecule has 0 bridgehead atoms. The zero-order chi connectivity index (χ0) is 16.0. The molecular weight excluding hydrogens is 274 g/mol. The monoisotopic (exact) mass is 303 g/mol. The minimum Gasteiger partial charge on any atom is -0.369 e. The second-order valence-corrected chi connectivity index (χ2v) is 7.25. The number of hydrogen-bond acceptors (Lipinski definition) is 3. The van der Waals surface area contributed by atoms with Gasteiger partial charge in [0.2, 0.25) is 5.91 Å². The lowest BCUT2D eigenvalue weighted by molar-refractivity contribution is -0.122. The fourth-order valence-electron chi connectivity index (χ4n) is 2.77. The lowest BCUT2D eigenvalue weighted by atomic mass is 9.92. The Morgan fingerprint density at radius 1 is 1.09 bits per heavy atom. The topological polar surface area (TPSA) is 35.6 Å². The van der Waals surface area contributed by atoms with Gasteiger partial charge in [0, 0.05) is 51.4 Å². The number of carbonyl (C=O) groups is 1. The molecule has 1 aliphatic rings. The van der Waals surface area contributed by atoms with Crippen LogP contribution in [0.3, 0.4) is 0 Å². The summed E-state index contributed by atoms with van der Waals surface area (Å²) < 4.78 is 0. The summed E-state index contributed by atoms with van der Waals surface area (Å²) in [6.45, 7) is 12.2. The lowest BCUT2D eigenvalue weighted by Gasteiger charge is -2.36. The highest BCUT2D eigenvalue weighted by Gasteiger charge is 2.18. The average molecular weight is 303 g/mol. The van der Waals surface area contributed by atoms with Gasteiger partial charge in [-0.1, -0.05) is 39.0 Å². The minimum atomic E-state index is 0.0609. The van der Waals surface area contributed by atoms with E-state index < -0.39 is 0 Å². The van der Waals surface area contributed by atoms with Crippen LogP contribution in [-0.2, 0) is 4.79 Å². The van der Waals surface area contributed by atoms with E-state index in [0.29, 0.717) is 6.42 Å². The van der Waals surface area contributed by atoms with Crippen molar-refractivity contribution in [2.45, 2.75) is 27.2 Å². The van der Waals surface area contributed by atoms with Crippen molar-refractivity contribution in [3.63, 3.8) is 0 Å². The van der Waals surface area contributed by atoms with E-state index in [4.69, 9.17) is 0 Å². The summed E-state index contributed by atoms with van der Waals surface area (Å²) in [7, 11) is 0. The smallest absolute Gasteiger partial charge is 0.220 e. The van der Waals surface area contributed by atoms with Gasteiger partial charge in [-0.2, -0.15) is 0 Å². The Bertz CT molecular complexity index is 459. The van der Waals surface area contributed by atoms with Crippen LogP contribution in [0.15, 0.2) is 30.3 Å². The molecular formula is C18H29N3O. The molecule has 1 saturated heterocycles. The van der Waals surface area contributed by atoms with Crippen molar-refractivity contribution in [1.29, 1.82) is 0 Å². The van der Waals surface area contributed by atoms with Crippen LogP contribution in [0.4, 0.5) is 5.69 Å². The number of hydrogen-bond donors (Lipinski definition) is 1. The number of carbonyl (C=O) groups excluding carboxylic acids is 1. The van der Waals surface area contributed by atoms with Crippen LogP contribution in [0.25, 0.3) is 0 Å². The normalized spacial score (nSPS) is 16.6. The van der Waals surface area contributed by atoms with Gasteiger partial charge in [0.25, 0.3) is 0 Å². The first-order chi connectivity index (χ1) is 10.4. The largest absolute Gasteiger partial charge is 0.369 e. The minimum absolute atomic E-state index is 0.0609. The van der Waals surface area contributed by atoms with Gasteiger partial charge in [-0.05, 0) is 17.5 Å². The van der Waals surface area contributed by atoms with Crippen molar-refractivity contribution in [3.8, 4) is 0 Å². The van der Waals surface area contributed by atoms with Crippen molar-refractivity contribution in [2.75, 3.05) is 44.2 Å². The van der Waals surface area contributed by atoms with Crippen LogP contribution < -0.4 is 10.2 Å². The summed E-state index contributed by atoms with van der Waals surface area (Å²) in [5.41, 5.74) is 1.37. The van der Waals surface area contributed by atoms with Gasteiger partial charge in [0.1, 0.15) is 0 Å². The Labute approximate surface area is 134 Å². The predicted octanol–water partition coefficient (Wildman–Crippen LogP) is 2.36. The maximum atomic E-state index is 11.8. The van der Waals surface area contributed by atoms with Gasteiger partial charge in [-0.15, -0.1) is 0 Å². The van der Waals surface area contributed by atoms with E-state index in [1.165, 1.54) is 5.69 Å².